The van der Waals surface area contributed by atoms with Crippen LogP contribution in [0.25, 0.3) is 10.9 Å². The predicted octanol–water partition coefficient (Wildman–Crippen LogP) is 5.87. The van der Waals surface area contributed by atoms with Crippen LogP contribution in [-0.2, 0) is 6.42 Å². The van der Waals surface area contributed by atoms with E-state index in [1.54, 1.807) is 19.1 Å². The van der Waals surface area contributed by atoms with Gasteiger partial charge in [0.05, 0.1) is 14.2 Å². The number of nitrogens with one attached hydrogen (secondary N) is 1. The fraction of sp³-hybridized carbons (Fsp3) is 0.222. The fourth-order valence-electron chi connectivity index (χ4n) is 4.79. The molecule has 6 nitrogen and oxygen atoms in total. The summed E-state index contributed by atoms with van der Waals surface area (Å²) in [5.74, 6) is 0.660. The summed E-state index contributed by atoms with van der Waals surface area (Å²) >= 11 is 0. The highest BCUT2D eigenvalue weighted by molar-refractivity contribution is 5.96. The zero-order valence-corrected chi connectivity index (χ0v) is 19.6. The van der Waals surface area contributed by atoms with Crippen LogP contribution in [0.1, 0.15) is 33.2 Å². The maximum atomic E-state index is 13.7. The second-order valence-electron chi connectivity index (χ2n) is 8.39. The Labute approximate surface area is 205 Å². The normalized spacial score (nSPS) is 15.5. The number of ether oxygens (including phenoxy) is 3. The van der Waals surface area contributed by atoms with E-state index in [0.29, 0.717) is 18.7 Å². The number of alkyl halides is 3. The lowest BCUT2D eigenvalue weighted by Crippen LogP contribution is -2.40. The molecular weight excluding hydrogens is 473 g/mol. The van der Waals surface area contributed by atoms with Gasteiger partial charge >= 0.3 is 6.36 Å². The molecule has 1 aromatic heterocycles. The molecule has 0 saturated carbocycles. The quantitative estimate of drug-likeness (QED) is 0.375. The Morgan fingerprint density at radius 2 is 1.69 bits per heavy atom. The van der Waals surface area contributed by atoms with Gasteiger partial charge in [-0.15, -0.1) is 13.2 Å². The molecule has 1 N–H and O–H groups in total. The van der Waals surface area contributed by atoms with E-state index in [0.717, 1.165) is 45.6 Å². The number of carbonyl (C=O) groups excluding carboxylic acids is 1. The number of hydrogen-bond acceptors (Lipinski definition) is 4. The number of hydrogen-bond donors (Lipinski definition) is 1. The lowest BCUT2D eigenvalue weighted by atomic mass is 9.91. The Hall–Kier alpha value is -4.14. The number of fused-ring (bicyclic) bond motifs is 3. The topological polar surface area (TPSA) is 63.8 Å². The summed E-state index contributed by atoms with van der Waals surface area (Å²) in [4.78, 5) is 18.9. The zero-order chi connectivity index (χ0) is 25.4. The second kappa shape index (κ2) is 9.14. The van der Waals surface area contributed by atoms with Crippen molar-refractivity contribution in [3.8, 4) is 17.2 Å². The lowest BCUT2D eigenvalue weighted by molar-refractivity contribution is -0.274. The molecule has 3 aromatic carbocycles. The van der Waals surface area contributed by atoms with Gasteiger partial charge in [0.2, 0.25) is 0 Å². The van der Waals surface area contributed by atoms with Crippen LogP contribution in [0, 0.1) is 0 Å². The number of benzene rings is 3. The molecule has 0 bridgehead atoms. The van der Waals surface area contributed by atoms with Crippen molar-refractivity contribution in [3.63, 3.8) is 0 Å². The molecule has 0 aliphatic carbocycles. The number of para-hydroxylation sites is 1. The molecule has 1 aliphatic heterocycles. The van der Waals surface area contributed by atoms with Crippen LogP contribution in [0.3, 0.4) is 0 Å². The van der Waals surface area contributed by atoms with E-state index in [1.807, 2.05) is 42.5 Å². The monoisotopic (exact) mass is 496 g/mol. The molecule has 1 amide bonds. The number of rotatable bonds is 5. The van der Waals surface area contributed by atoms with Crippen molar-refractivity contribution in [1.82, 2.24) is 9.88 Å². The first kappa shape index (κ1) is 23.6. The van der Waals surface area contributed by atoms with Crippen molar-refractivity contribution < 1.29 is 32.2 Å². The molecule has 1 atom stereocenters. The van der Waals surface area contributed by atoms with Gasteiger partial charge in [0, 0.05) is 34.3 Å². The standard InChI is InChI=1S/C27H23F3N2O4/c1-34-18-11-12-22-21(15-18)19-13-14-32(25(24(19)31-22)20-5-3-4-6-23(20)35-2)26(33)16-7-9-17(10-8-16)36-27(28,29)30/h3-12,15,25,31H,13-14H2,1-2H3. The van der Waals surface area contributed by atoms with E-state index >= 15 is 0 Å². The smallest absolute Gasteiger partial charge is 0.497 e. The van der Waals surface area contributed by atoms with Gasteiger partial charge in [-0.25, -0.2) is 0 Å². The molecule has 186 valence electrons. The van der Waals surface area contributed by atoms with Gasteiger partial charge in [-0.1, -0.05) is 18.2 Å². The first-order chi connectivity index (χ1) is 17.3. The van der Waals surface area contributed by atoms with E-state index in [1.165, 1.54) is 12.1 Å². The summed E-state index contributed by atoms with van der Waals surface area (Å²) in [6.07, 6.45) is -4.21. The second-order valence-corrected chi connectivity index (χ2v) is 8.39. The third-order valence-electron chi connectivity index (χ3n) is 6.36. The number of nitrogens with zero attached hydrogens (tertiary/aromatic N) is 1. The van der Waals surface area contributed by atoms with Crippen LogP contribution in [0.4, 0.5) is 13.2 Å². The summed E-state index contributed by atoms with van der Waals surface area (Å²) in [6.45, 7) is 0.402. The van der Waals surface area contributed by atoms with E-state index in [2.05, 4.69) is 9.72 Å². The molecule has 0 radical (unpaired) electrons. The minimum atomic E-state index is -4.80. The molecule has 36 heavy (non-hydrogen) atoms. The Kier molecular flexibility index (Phi) is 5.99. The Morgan fingerprint density at radius 3 is 2.39 bits per heavy atom. The van der Waals surface area contributed by atoms with Gasteiger partial charge < -0.3 is 24.1 Å². The summed E-state index contributed by atoms with van der Waals surface area (Å²) in [6, 6.07) is 17.7. The fourth-order valence-corrected chi connectivity index (χ4v) is 4.79. The number of halogens is 3. The van der Waals surface area contributed by atoms with E-state index < -0.39 is 12.4 Å². The van der Waals surface area contributed by atoms with Crippen molar-refractivity contribution in [1.29, 1.82) is 0 Å². The molecule has 0 spiro atoms. The predicted molar refractivity (Wildman–Crippen MR) is 128 cm³/mol. The van der Waals surface area contributed by atoms with Gasteiger partial charge in [0.1, 0.15) is 23.3 Å². The van der Waals surface area contributed by atoms with Crippen LogP contribution < -0.4 is 14.2 Å². The van der Waals surface area contributed by atoms with E-state index in [9.17, 15) is 18.0 Å². The maximum Gasteiger partial charge on any atom is 0.573 e. The van der Waals surface area contributed by atoms with Crippen molar-refractivity contribution in [2.75, 3.05) is 20.8 Å². The average molecular weight is 496 g/mol. The van der Waals surface area contributed by atoms with Crippen LogP contribution in [0.15, 0.2) is 66.7 Å². The third kappa shape index (κ3) is 4.32. The van der Waals surface area contributed by atoms with Gasteiger partial charge in [-0.05, 0) is 60.5 Å². The Balaban J connectivity index is 1.59. The number of aromatic nitrogens is 1. The number of amides is 1. The summed E-state index contributed by atoms with van der Waals surface area (Å²) in [5.41, 5.74) is 3.91. The van der Waals surface area contributed by atoms with E-state index in [4.69, 9.17) is 9.47 Å². The number of H-pyrrole nitrogens is 1. The van der Waals surface area contributed by atoms with Crippen molar-refractivity contribution in [2.45, 2.75) is 18.8 Å². The first-order valence-electron chi connectivity index (χ1n) is 11.3. The average Bonchev–Trinajstić information content (AvgIpc) is 3.25. The number of carbonyl (C=O) groups is 1. The summed E-state index contributed by atoms with van der Waals surface area (Å²) < 4.78 is 52.7. The Morgan fingerprint density at radius 1 is 0.972 bits per heavy atom. The highest BCUT2D eigenvalue weighted by atomic mass is 19.4. The zero-order valence-electron chi connectivity index (χ0n) is 19.6. The molecule has 9 heteroatoms. The molecular formula is C27H23F3N2O4. The summed E-state index contributed by atoms with van der Waals surface area (Å²) in [5, 5.41) is 1.02. The van der Waals surface area contributed by atoms with Crippen molar-refractivity contribution in [2.24, 2.45) is 0 Å². The molecule has 0 saturated heterocycles. The van der Waals surface area contributed by atoms with E-state index in [-0.39, 0.29) is 17.2 Å². The molecule has 1 unspecified atom stereocenters. The van der Waals surface area contributed by atoms with Gasteiger partial charge in [-0.2, -0.15) is 0 Å². The first-order valence-corrected chi connectivity index (χ1v) is 11.3. The summed E-state index contributed by atoms with van der Waals surface area (Å²) in [7, 11) is 3.19. The lowest BCUT2D eigenvalue weighted by Gasteiger charge is -2.37. The molecule has 5 rings (SSSR count). The third-order valence-corrected chi connectivity index (χ3v) is 6.36. The molecule has 1 aliphatic rings. The van der Waals surface area contributed by atoms with Gasteiger partial charge in [0.15, 0.2) is 0 Å². The maximum absolute atomic E-state index is 13.7. The van der Waals surface area contributed by atoms with Gasteiger partial charge in [-0.3, -0.25) is 4.79 Å². The highest BCUT2D eigenvalue weighted by Crippen LogP contribution is 2.42. The van der Waals surface area contributed by atoms with Crippen LogP contribution in [0.2, 0.25) is 0 Å². The minimum absolute atomic E-state index is 0.255. The molecule has 2 heterocycles. The van der Waals surface area contributed by atoms with Gasteiger partial charge in [0.25, 0.3) is 5.91 Å². The number of aromatic amines is 1. The largest absolute Gasteiger partial charge is 0.573 e. The Bertz CT molecular complexity index is 1410. The molecule has 0 fully saturated rings. The van der Waals surface area contributed by atoms with Crippen molar-refractivity contribution >= 4 is 16.8 Å². The number of methoxy groups -OCH3 is 2. The SMILES string of the molecule is COc1ccc2[nH]c3c(c2c1)CCN(C(=O)c1ccc(OC(F)(F)F)cc1)C3c1ccccc1OC. The van der Waals surface area contributed by atoms with Crippen LogP contribution >= 0.6 is 0 Å². The van der Waals surface area contributed by atoms with Crippen LogP contribution in [0.5, 0.6) is 17.2 Å². The minimum Gasteiger partial charge on any atom is -0.497 e. The van der Waals surface area contributed by atoms with Crippen molar-refractivity contribution in [3.05, 3.63) is 89.1 Å². The van der Waals surface area contributed by atoms with Crippen LogP contribution in [-0.4, -0.2) is 42.9 Å². The molecule has 4 aromatic rings. The highest BCUT2D eigenvalue weighted by Gasteiger charge is 2.37.